The Kier molecular flexibility index (Phi) is 3.72. The standard InChI is InChI=1S/C15H20N6O2/c22-12-4-1-3-10(18-12)5-6-13-19-14(20-23-13)11-9-17-21-8-2-7-16-15(11)21/h9-10,16H,1-8H2,(H,18,22). The zero-order chi connectivity index (χ0) is 15.6. The van der Waals surface area contributed by atoms with Crippen LogP contribution in [0.4, 0.5) is 5.82 Å². The van der Waals surface area contributed by atoms with Crippen LogP contribution in [0.1, 0.15) is 38.0 Å². The Balaban J connectivity index is 1.43. The van der Waals surface area contributed by atoms with Crippen LogP contribution < -0.4 is 10.6 Å². The van der Waals surface area contributed by atoms with Gasteiger partial charge in [0.1, 0.15) is 5.82 Å². The van der Waals surface area contributed by atoms with E-state index in [4.69, 9.17) is 4.52 Å². The summed E-state index contributed by atoms with van der Waals surface area (Å²) in [5, 5.41) is 14.8. The molecule has 23 heavy (non-hydrogen) atoms. The molecule has 0 aromatic carbocycles. The first-order chi connectivity index (χ1) is 11.3. The Morgan fingerprint density at radius 1 is 1.39 bits per heavy atom. The van der Waals surface area contributed by atoms with Crippen molar-refractivity contribution in [2.24, 2.45) is 0 Å². The zero-order valence-corrected chi connectivity index (χ0v) is 12.9. The Morgan fingerprint density at radius 2 is 2.35 bits per heavy atom. The fourth-order valence-corrected chi connectivity index (χ4v) is 3.20. The highest BCUT2D eigenvalue weighted by atomic mass is 16.5. The lowest BCUT2D eigenvalue weighted by Gasteiger charge is -2.22. The predicted octanol–water partition coefficient (Wildman–Crippen LogP) is 1.35. The summed E-state index contributed by atoms with van der Waals surface area (Å²) in [6.07, 6.45) is 6.98. The van der Waals surface area contributed by atoms with E-state index in [2.05, 4.69) is 25.9 Å². The zero-order valence-electron chi connectivity index (χ0n) is 12.9. The van der Waals surface area contributed by atoms with Crippen LogP contribution in [-0.4, -0.2) is 38.4 Å². The third-order valence-electron chi connectivity index (χ3n) is 4.42. The van der Waals surface area contributed by atoms with Gasteiger partial charge in [-0.3, -0.25) is 4.79 Å². The molecule has 2 aliphatic heterocycles. The van der Waals surface area contributed by atoms with Gasteiger partial charge in [0, 0.05) is 32.0 Å². The van der Waals surface area contributed by atoms with Crippen LogP contribution in [0, 0.1) is 0 Å². The van der Waals surface area contributed by atoms with Gasteiger partial charge < -0.3 is 15.2 Å². The summed E-state index contributed by atoms with van der Waals surface area (Å²) in [7, 11) is 0. The molecule has 122 valence electrons. The smallest absolute Gasteiger partial charge is 0.227 e. The summed E-state index contributed by atoms with van der Waals surface area (Å²) in [4.78, 5) is 15.9. The molecule has 2 aromatic heterocycles. The Labute approximate surface area is 133 Å². The van der Waals surface area contributed by atoms with E-state index in [1.807, 2.05) is 4.68 Å². The van der Waals surface area contributed by atoms with Gasteiger partial charge in [-0.05, 0) is 25.7 Å². The molecule has 8 nitrogen and oxygen atoms in total. The van der Waals surface area contributed by atoms with Crippen molar-refractivity contribution in [3.63, 3.8) is 0 Å². The van der Waals surface area contributed by atoms with Crippen molar-refractivity contribution in [1.82, 2.24) is 25.2 Å². The summed E-state index contributed by atoms with van der Waals surface area (Å²) in [6.45, 7) is 1.85. The van der Waals surface area contributed by atoms with Gasteiger partial charge >= 0.3 is 0 Å². The van der Waals surface area contributed by atoms with Crippen molar-refractivity contribution in [3.8, 4) is 11.4 Å². The minimum Gasteiger partial charge on any atom is -0.370 e. The van der Waals surface area contributed by atoms with Crippen molar-refractivity contribution < 1.29 is 9.32 Å². The molecule has 4 rings (SSSR count). The van der Waals surface area contributed by atoms with E-state index >= 15 is 0 Å². The lowest BCUT2D eigenvalue weighted by atomic mass is 10.0. The van der Waals surface area contributed by atoms with E-state index in [0.29, 0.717) is 24.6 Å². The van der Waals surface area contributed by atoms with Crippen molar-refractivity contribution in [3.05, 3.63) is 12.1 Å². The topological polar surface area (TPSA) is 97.9 Å². The fraction of sp³-hybridized carbons (Fsp3) is 0.600. The molecule has 0 spiro atoms. The lowest BCUT2D eigenvalue weighted by Crippen LogP contribution is -2.38. The summed E-state index contributed by atoms with van der Waals surface area (Å²) in [5.74, 6) is 2.28. The van der Waals surface area contributed by atoms with Gasteiger partial charge in [-0.15, -0.1) is 0 Å². The van der Waals surface area contributed by atoms with Crippen LogP contribution in [0.3, 0.4) is 0 Å². The maximum atomic E-state index is 11.4. The Morgan fingerprint density at radius 3 is 3.26 bits per heavy atom. The largest absolute Gasteiger partial charge is 0.370 e. The van der Waals surface area contributed by atoms with Crippen LogP contribution in [0.5, 0.6) is 0 Å². The number of aryl methyl sites for hydroxylation is 2. The van der Waals surface area contributed by atoms with Crippen molar-refractivity contribution in [2.75, 3.05) is 11.9 Å². The highest BCUT2D eigenvalue weighted by Crippen LogP contribution is 2.27. The molecule has 2 N–H and O–H groups in total. The third kappa shape index (κ3) is 2.93. The normalized spacial score (nSPS) is 20.7. The maximum absolute atomic E-state index is 11.4. The van der Waals surface area contributed by atoms with Gasteiger partial charge in [-0.25, -0.2) is 4.68 Å². The van der Waals surface area contributed by atoms with Crippen LogP contribution in [0.25, 0.3) is 11.4 Å². The fourth-order valence-electron chi connectivity index (χ4n) is 3.20. The van der Waals surface area contributed by atoms with E-state index in [-0.39, 0.29) is 11.9 Å². The molecule has 0 aliphatic carbocycles. The number of rotatable bonds is 4. The molecule has 0 radical (unpaired) electrons. The van der Waals surface area contributed by atoms with E-state index in [9.17, 15) is 4.79 Å². The van der Waals surface area contributed by atoms with E-state index in [1.165, 1.54) is 0 Å². The minimum atomic E-state index is 0.144. The van der Waals surface area contributed by atoms with Crippen LogP contribution >= 0.6 is 0 Å². The number of hydrogen-bond acceptors (Lipinski definition) is 6. The Hall–Kier alpha value is -2.38. The third-order valence-corrected chi connectivity index (χ3v) is 4.42. The monoisotopic (exact) mass is 316 g/mol. The second-order valence-electron chi connectivity index (χ2n) is 6.12. The highest BCUT2D eigenvalue weighted by Gasteiger charge is 2.21. The number of piperidine rings is 1. The van der Waals surface area contributed by atoms with Crippen LogP contribution in [-0.2, 0) is 17.8 Å². The second-order valence-corrected chi connectivity index (χ2v) is 6.12. The van der Waals surface area contributed by atoms with Gasteiger partial charge in [-0.1, -0.05) is 5.16 Å². The summed E-state index contributed by atoms with van der Waals surface area (Å²) >= 11 is 0. The number of amides is 1. The summed E-state index contributed by atoms with van der Waals surface area (Å²) in [6, 6.07) is 0.220. The first-order valence-electron chi connectivity index (χ1n) is 8.21. The number of anilines is 1. The van der Waals surface area contributed by atoms with Gasteiger partial charge in [0.2, 0.25) is 17.6 Å². The van der Waals surface area contributed by atoms with Gasteiger partial charge in [0.05, 0.1) is 11.8 Å². The maximum Gasteiger partial charge on any atom is 0.227 e. The van der Waals surface area contributed by atoms with E-state index in [0.717, 1.165) is 50.2 Å². The van der Waals surface area contributed by atoms with Crippen molar-refractivity contribution in [1.29, 1.82) is 0 Å². The van der Waals surface area contributed by atoms with Gasteiger partial charge in [0.25, 0.3) is 0 Å². The molecule has 2 aromatic rings. The average molecular weight is 316 g/mol. The van der Waals surface area contributed by atoms with E-state index < -0.39 is 0 Å². The first-order valence-corrected chi connectivity index (χ1v) is 8.21. The number of carbonyl (C=O) groups is 1. The molecule has 0 saturated carbocycles. The molecule has 1 amide bonds. The average Bonchev–Trinajstić information content (AvgIpc) is 3.19. The number of carbonyl (C=O) groups excluding carboxylic acids is 1. The van der Waals surface area contributed by atoms with Gasteiger partial charge in [-0.2, -0.15) is 10.1 Å². The Bertz CT molecular complexity index is 707. The molecule has 1 saturated heterocycles. The van der Waals surface area contributed by atoms with Crippen LogP contribution in [0.15, 0.2) is 10.7 Å². The number of nitrogens with zero attached hydrogens (tertiary/aromatic N) is 4. The minimum absolute atomic E-state index is 0.144. The molecule has 1 unspecified atom stereocenters. The molecule has 2 aliphatic rings. The second kappa shape index (κ2) is 6.02. The molecular weight excluding hydrogens is 296 g/mol. The van der Waals surface area contributed by atoms with Crippen LogP contribution in [0.2, 0.25) is 0 Å². The van der Waals surface area contributed by atoms with Crippen molar-refractivity contribution >= 4 is 11.7 Å². The molecule has 1 fully saturated rings. The molecule has 4 heterocycles. The SMILES string of the molecule is O=C1CCCC(CCc2nc(-c3cnn4c3NCCC4)no2)N1. The quantitative estimate of drug-likeness (QED) is 0.883. The van der Waals surface area contributed by atoms with Gasteiger partial charge in [0.15, 0.2) is 0 Å². The number of fused-ring (bicyclic) bond motifs is 1. The molecule has 1 atom stereocenters. The molecule has 0 bridgehead atoms. The van der Waals surface area contributed by atoms with Crippen molar-refractivity contribution in [2.45, 2.75) is 51.1 Å². The number of nitrogens with one attached hydrogen (secondary N) is 2. The number of aromatic nitrogens is 4. The molecule has 8 heteroatoms. The number of hydrogen-bond donors (Lipinski definition) is 2. The highest BCUT2D eigenvalue weighted by molar-refractivity contribution is 5.76. The predicted molar refractivity (Wildman–Crippen MR) is 82.7 cm³/mol. The molecular formula is C15H20N6O2. The summed E-state index contributed by atoms with van der Waals surface area (Å²) in [5.41, 5.74) is 0.880. The lowest BCUT2D eigenvalue weighted by molar-refractivity contribution is -0.123. The first kappa shape index (κ1) is 14.2. The summed E-state index contributed by atoms with van der Waals surface area (Å²) < 4.78 is 7.30. The van der Waals surface area contributed by atoms with E-state index in [1.54, 1.807) is 6.20 Å².